The van der Waals surface area contributed by atoms with Gasteiger partial charge in [-0.15, -0.1) is 0 Å². The Morgan fingerprint density at radius 2 is 2.21 bits per heavy atom. The van der Waals surface area contributed by atoms with E-state index < -0.39 is 17.8 Å². The molecule has 0 aliphatic carbocycles. The van der Waals surface area contributed by atoms with E-state index >= 15 is 0 Å². The minimum atomic E-state index is -1.25. The van der Waals surface area contributed by atoms with Gasteiger partial charge in [0.2, 0.25) is 5.91 Å². The number of hydrogen-bond acceptors (Lipinski definition) is 2. The summed E-state index contributed by atoms with van der Waals surface area (Å²) in [5, 5.41) is 9.94. The minimum absolute atomic E-state index is 0.0265. The predicted molar refractivity (Wildman–Crippen MR) is 70.4 cm³/mol. The van der Waals surface area contributed by atoms with Crippen LogP contribution in [0.1, 0.15) is 18.0 Å². The van der Waals surface area contributed by atoms with E-state index in [2.05, 4.69) is 15.9 Å². The number of likely N-dealkylation sites (tertiary alicyclic amines) is 1. The van der Waals surface area contributed by atoms with Crippen LogP contribution in [0.3, 0.4) is 0 Å². The van der Waals surface area contributed by atoms with E-state index in [0.29, 0.717) is 18.3 Å². The molecule has 4 nitrogen and oxygen atoms in total. The summed E-state index contributed by atoms with van der Waals surface area (Å²) in [6.45, 7) is 0.329. The molecule has 0 aromatic heterocycles. The number of nitrogens with zero attached hydrogens (tertiary/aromatic N) is 1. The topological polar surface area (TPSA) is 57.6 Å². The summed E-state index contributed by atoms with van der Waals surface area (Å²) in [4.78, 5) is 24.5. The van der Waals surface area contributed by atoms with E-state index in [-0.39, 0.29) is 17.4 Å². The molecule has 2 unspecified atom stereocenters. The molecule has 102 valence electrons. The monoisotopic (exact) mass is 329 g/mol. The number of carboxylic acid groups (broad SMARTS) is 1. The molecule has 2 atom stereocenters. The maximum atomic E-state index is 13.7. The maximum absolute atomic E-state index is 13.7. The molecule has 0 bridgehead atoms. The molecule has 2 rings (SSSR count). The molecule has 1 aliphatic rings. The van der Waals surface area contributed by atoms with Gasteiger partial charge in [-0.05, 0) is 12.0 Å². The lowest BCUT2D eigenvalue weighted by molar-refractivity contribution is -0.148. The van der Waals surface area contributed by atoms with Crippen molar-refractivity contribution in [1.82, 2.24) is 4.90 Å². The van der Waals surface area contributed by atoms with E-state index in [1.165, 1.54) is 23.1 Å². The summed E-state index contributed by atoms with van der Waals surface area (Å²) in [7, 11) is 0. The van der Waals surface area contributed by atoms with Crippen molar-refractivity contribution in [3.05, 3.63) is 35.6 Å². The Morgan fingerprint density at radius 3 is 2.74 bits per heavy atom. The number of aliphatic carboxylic acids is 1. The van der Waals surface area contributed by atoms with Crippen molar-refractivity contribution < 1.29 is 19.1 Å². The van der Waals surface area contributed by atoms with Crippen LogP contribution in [-0.2, 0) is 9.59 Å². The highest BCUT2D eigenvalue weighted by molar-refractivity contribution is 9.09. The fraction of sp³-hybridized carbons (Fsp3) is 0.385. The van der Waals surface area contributed by atoms with E-state index in [0.717, 1.165) is 0 Å². The fourth-order valence-electron chi connectivity index (χ4n) is 2.29. The van der Waals surface area contributed by atoms with Gasteiger partial charge in [-0.1, -0.05) is 34.1 Å². The van der Waals surface area contributed by atoms with Crippen molar-refractivity contribution in [3.8, 4) is 0 Å². The van der Waals surface area contributed by atoms with Gasteiger partial charge < -0.3 is 10.0 Å². The highest BCUT2D eigenvalue weighted by Gasteiger charge is 2.39. The zero-order chi connectivity index (χ0) is 14.0. The van der Waals surface area contributed by atoms with Crippen LogP contribution in [0.25, 0.3) is 0 Å². The maximum Gasteiger partial charge on any atom is 0.331 e. The quantitative estimate of drug-likeness (QED) is 0.861. The molecule has 6 heteroatoms. The fourth-order valence-corrected chi connectivity index (χ4v) is 2.73. The third kappa shape index (κ3) is 2.78. The highest BCUT2D eigenvalue weighted by atomic mass is 79.9. The van der Waals surface area contributed by atoms with Crippen molar-refractivity contribution >= 4 is 27.8 Å². The number of rotatable bonds is 4. The summed E-state index contributed by atoms with van der Waals surface area (Å²) < 4.78 is 13.7. The van der Waals surface area contributed by atoms with Crippen LogP contribution in [0.15, 0.2) is 24.3 Å². The van der Waals surface area contributed by atoms with Crippen molar-refractivity contribution in [3.63, 3.8) is 0 Å². The highest BCUT2D eigenvalue weighted by Crippen LogP contribution is 2.31. The summed E-state index contributed by atoms with van der Waals surface area (Å²) in [5.74, 6) is -2.00. The second-order valence-corrected chi connectivity index (χ2v) is 5.18. The van der Waals surface area contributed by atoms with Gasteiger partial charge in [0.25, 0.3) is 0 Å². The lowest BCUT2D eigenvalue weighted by Gasteiger charge is -2.25. The number of halogens is 2. The van der Waals surface area contributed by atoms with E-state index in [4.69, 9.17) is 0 Å². The first-order chi connectivity index (χ1) is 9.04. The van der Waals surface area contributed by atoms with Crippen molar-refractivity contribution in [2.75, 3.05) is 11.9 Å². The van der Waals surface area contributed by atoms with E-state index in [1.54, 1.807) is 6.07 Å². The van der Waals surface area contributed by atoms with Gasteiger partial charge in [0, 0.05) is 23.9 Å². The molecule has 1 heterocycles. The first kappa shape index (κ1) is 14.0. The normalized spacial score (nSPS) is 20.6. The molecule has 1 fully saturated rings. The summed E-state index contributed by atoms with van der Waals surface area (Å²) >= 11 is 3.29. The standard InChI is InChI=1S/C13H13BrFNO3/c14-6-8-5-11(17)16(7-8)12(13(18)19)9-3-1-2-4-10(9)15/h1-4,8,12H,5-7H2,(H,18,19). The molecule has 0 spiro atoms. The van der Waals surface area contributed by atoms with Gasteiger partial charge in [-0.25, -0.2) is 9.18 Å². The summed E-state index contributed by atoms with van der Waals surface area (Å²) in [6, 6.07) is 4.41. The predicted octanol–water partition coefficient (Wildman–Crippen LogP) is 2.19. The summed E-state index contributed by atoms with van der Waals surface area (Å²) in [6.07, 6.45) is 0.295. The van der Waals surface area contributed by atoms with E-state index in [9.17, 15) is 19.1 Å². The second kappa shape index (κ2) is 5.69. The van der Waals surface area contributed by atoms with Crippen LogP contribution in [-0.4, -0.2) is 33.8 Å². The van der Waals surface area contributed by atoms with Gasteiger partial charge >= 0.3 is 5.97 Å². The number of carbonyl (C=O) groups is 2. The van der Waals surface area contributed by atoms with Gasteiger partial charge in [-0.2, -0.15) is 0 Å². The van der Waals surface area contributed by atoms with Crippen LogP contribution in [0.2, 0.25) is 0 Å². The van der Waals surface area contributed by atoms with Crippen LogP contribution < -0.4 is 0 Å². The number of hydrogen-bond donors (Lipinski definition) is 1. The minimum Gasteiger partial charge on any atom is -0.479 e. The van der Waals surface area contributed by atoms with Crippen LogP contribution in [0.4, 0.5) is 4.39 Å². The Hall–Kier alpha value is -1.43. The van der Waals surface area contributed by atoms with Gasteiger partial charge in [-0.3, -0.25) is 4.79 Å². The molecule has 1 saturated heterocycles. The first-order valence-electron chi connectivity index (χ1n) is 5.87. The summed E-state index contributed by atoms with van der Waals surface area (Å²) in [5.41, 5.74) is 0.0265. The smallest absolute Gasteiger partial charge is 0.331 e. The third-order valence-electron chi connectivity index (χ3n) is 3.20. The van der Waals surface area contributed by atoms with Crippen molar-refractivity contribution in [1.29, 1.82) is 0 Å². The van der Waals surface area contributed by atoms with Crippen LogP contribution in [0.5, 0.6) is 0 Å². The van der Waals surface area contributed by atoms with Gasteiger partial charge in [0.15, 0.2) is 6.04 Å². The van der Waals surface area contributed by atoms with Gasteiger partial charge in [0.1, 0.15) is 5.82 Å². The second-order valence-electron chi connectivity index (χ2n) is 4.53. The Kier molecular flexibility index (Phi) is 4.19. The largest absolute Gasteiger partial charge is 0.479 e. The Morgan fingerprint density at radius 1 is 1.53 bits per heavy atom. The van der Waals surface area contributed by atoms with Crippen LogP contribution >= 0.6 is 15.9 Å². The van der Waals surface area contributed by atoms with Gasteiger partial charge in [0.05, 0.1) is 0 Å². The zero-order valence-electron chi connectivity index (χ0n) is 10.1. The van der Waals surface area contributed by atoms with Crippen LogP contribution in [0, 0.1) is 11.7 Å². The zero-order valence-corrected chi connectivity index (χ0v) is 11.6. The molecule has 0 saturated carbocycles. The lowest BCUT2D eigenvalue weighted by Crippen LogP contribution is -2.36. The van der Waals surface area contributed by atoms with E-state index in [1.807, 2.05) is 0 Å². The average Bonchev–Trinajstić information content (AvgIpc) is 2.73. The third-order valence-corrected chi connectivity index (χ3v) is 4.12. The number of amides is 1. The molecule has 19 heavy (non-hydrogen) atoms. The lowest BCUT2D eigenvalue weighted by atomic mass is 10.0. The SMILES string of the molecule is O=C(O)C(c1ccccc1F)N1CC(CBr)CC1=O. The molecule has 1 aromatic rings. The Bertz CT molecular complexity index is 508. The average molecular weight is 330 g/mol. The Balaban J connectivity index is 2.35. The molecule has 1 amide bonds. The first-order valence-corrected chi connectivity index (χ1v) is 6.99. The van der Waals surface area contributed by atoms with Crippen molar-refractivity contribution in [2.45, 2.75) is 12.5 Å². The number of carbonyl (C=O) groups excluding carboxylic acids is 1. The molecular weight excluding hydrogens is 317 g/mol. The molecule has 1 aromatic carbocycles. The molecule has 1 aliphatic heterocycles. The number of carboxylic acids is 1. The molecule has 0 radical (unpaired) electrons. The number of benzene rings is 1. The Labute approximate surface area is 118 Å². The van der Waals surface area contributed by atoms with Crippen molar-refractivity contribution in [2.24, 2.45) is 5.92 Å². The molecule has 1 N–H and O–H groups in total. The molecular formula is C13H13BrFNO3. The number of alkyl halides is 1.